The van der Waals surface area contributed by atoms with Crippen molar-refractivity contribution in [2.24, 2.45) is 0 Å². The van der Waals surface area contributed by atoms with Gasteiger partial charge in [0, 0.05) is 46.2 Å². The molecule has 0 spiro atoms. The number of imide groups is 1. The van der Waals surface area contributed by atoms with Crippen LogP contribution in [0.3, 0.4) is 0 Å². The predicted molar refractivity (Wildman–Crippen MR) is 121 cm³/mol. The maximum absolute atomic E-state index is 12.8. The fraction of sp³-hybridized carbons (Fsp3) is 0.350. The topological polar surface area (TPSA) is 90.5 Å². The van der Waals surface area contributed by atoms with E-state index in [2.05, 4.69) is 14.8 Å². The zero-order valence-electron chi connectivity index (χ0n) is 16.7. The van der Waals surface area contributed by atoms with E-state index < -0.39 is 11.9 Å². The van der Waals surface area contributed by atoms with Crippen LogP contribution in [-0.2, 0) is 22.7 Å². The molecule has 3 N–H and O–H groups in total. The molecule has 3 amide bonds. The molecule has 160 valence electrons. The van der Waals surface area contributed by atoms with Crippen molar-refractivity contribution in [3.8, 4) is 0 Å². The molecule has 1 aromatic heterocycles. The lowest BCUT2D eigenvalue weighted by atomic mass is 10.1. The number of amides is 3. The number of anilines is 1. The van der Waals surface area contributed by atoms with Gasteiger partial charge >= 0.3 is 0 Å². The van der Waals surface area contributed by atoms with E-state index in [1.54, 1.807) is 4.90 Å². The van der Waals surface area contributed by atoms with E-state index in [9.17, 15) is 14.4 Å². The Morgan fingerprint density at radius 1 is 1.43 bits per heavy atom. The van der Waals surface area contributed by atoms with Crippen LogP contribution in [0.25, 0.3) is 0 Å². The van der Waals surface area contributed by atoms with Crippen LogP contribution < -0.4 is 14.8 Å². The third-order valence-electron chi connectivity index (χ3n) is 4.89. The number of aryl methyl sites for hydroxylation is 1. The number of benzene rings is 1. The maximum Gasteiger partial charge on any atom is 0.256 e. The van der Waals surface area contributed by atoms with Crippen LogP contribution in [0.2, 0.25) is 5.02 Å². The summed E-state index contributed by atoms with van der Waals surface area (Å²) in [6.07, 6.45) is 1.60. The number of nitrogens with zero attached hydrogens (tertiary/aromatic N) is 1. The number of carbonyl (C=O) groups excluding carboxylic acids is 3. The second-order valence-corrected chi connectivity index (χ2v) is 8.97. The van der Waals surface area contributed by atoms with E-state index in [-0.39, 0.29) is 5.91 Å². The molecule has 30 heavy (non-hydrogen) atoms. The molecule has 0 bridgehead atoms. The summed E-state index contributed by atoms with van der Waals surface area (Å²) in [5.41, 5.74) is 3.49. The lowest BCUT2D eigenvalue weighted by molar-refractivity contribution is -0.129. The van der Waals surface area contributed by atoms with E-state index in [1.807, 2.05) is 37.4 Å². The van der Waals surface area contributed by atoms with E-state index in [1.165, 1.54) is 23.5 Å². The highest BCUT2D eigenvalue weighted by molar-refractivity contribution is 7.98. The van der Waals surface area contributed by atoms with Gasteiger partial charge in [-0.3, -0.25) is 19.7 Å². The Morgan fingerprint density at radius 2 is 2.23 bits per heavy atom. The zero-order chi connectivity index (χ0) is 21.7. The Hall–Kier alpha value is -2.07. The normalized spacial score (nSPS) is 13.8. The average Bonchev–Trinajstić information content (AvgIpc) is 3.26. The van der Waals surface area contributed by atoms with Gasteiger partial charge in [-0.1, -0.05) is 31.0 Å². The lowest BCUT2D eigenvalue weighted by Gasteiger charge is -2.26. The molecule has 1 aliphatic heterocycles. The minimum atomic E-state index is -0.645. The molecular formula is C20H23ClN4O3S2. The van der Waals surface area contributed by atoms with Crippen molar-refractivity contribution in [2.45, 2.75) is 45.8 Å². The van der Waals surface area contributed by atoms with Crippen LogP contribution in [0.4, 0.5) is 5.69 Å². The van der Waals surface area contributed by atoms with Crippen molar-refractivity contribution in [2.75, 3.05) is 4.72 Å². The molecule has 2 heterocycles. The second kappa shape index (κ2) is 10.3. The van der Waals surface area contributed by atoms with Crippen LogP contribution >= 0.6 is 35.1 Å². The van der Waals surface area contributed by atoms with Crippen molar-refractivity contribution in [3.63, 3.8) is 0 Å². The van der Waals surface area contributed by atoms with Crippen LogP contribution in [0.15, 0.2) is 23.6 Å². The minimum absolute atomic E-state index is 0.160. The first kappa shape index (κ1) is 22.6. The van der Waals surface area contributed by atoms with Crippen LogP contribution in [0, 0.1) is 6.92 Å². The molecule has 1 aromatic carbocycles. The summed E-state index contributed by atoms with van der Waals surface area (Å²) in [6, 6.07) is 5.12. The van der Waals surface area contributed by atoms with Gasteiger partial charge in [-0.05, 0) is 36.6 Å². The first-order chi connectivity index (χ1) is 14.5. The van der Waals surface area contributed by atoms with Crippen LogP contribution in [0.5, 0.6) is 0 Å². The Balaban J connectivity index is 1.60. The molecule has 0 fully saturated rings. The van der Waals surface area contributed by atoms with Gasteiger partial charge in [0.25, 0.3) is 5.91 Å². The van der Waals surface area contributed by atoms with Crippen LogP contribution in [0.1, 0.15) is 46.1 Å². The number of hydrogen-bond donors (Lipinski definition) is 3. The summed E-state index contributed by atoms with van der Waals surface area (Å²) in [4.78, 5) is 38.3. The average molecular weight is 467 g/mol. The Bertz CT molecular complexity index is 950. The molecule has 10 heteroatoms. The van der Waals surface area contributed by atoms with Crippen molar-refractivity contribution in [3.05, 3.63) is 50.2 Å². The Morgan fingerprint density at radius 3 is 2.93 bits per heavy atom. The standard InChI is InChI=1S/C20H23ClN4O3S2/c1-3-4-17(19(27)22-11-26)25-9-14-15(20(25)28)10-29-18(14)8-23-30-24-13-6-5-12(2)16(21)7-13/h5-7,10-11,17,23-24H,3-4,8-9H2,1-2H3,(H,22,26,27). The molecule has 1 aliphatic rings. The molecule has 2 aromatic rings. The molecule has 0 saturated heterocycles. The highest BCUT2D eigenvalue weighted by atomic mass is 35.5. The van der Waals surface area contributed by atoms with Crippen molar-refractivity contribution in [1.82, 2.24) is 14.9 Å². The number of fused-ring (bicyclic) bond motifs is 1. The molecule has 0 aliphatic carbocycles. The number of thiophene rings is 1. The third kappa shape index (κ3) is 4.97. The van der Waals surface area contributed by atoms with Gasteiger partial charge in [0.2, 0.25) is 12.3 Å². The summed E-state index contributed by atoms with van der Waals surface area (Å²) in [5.74, 6) is -0.600. The quantitative estimate of drug-likeness (QED) is 0.280. The summed E-state index contributed by atoms with van der Waals surface area (Å²) < 4.78 is 6.43. The smallest absolute Gasteiger partial charge is 0.256 e. The second-order valence-electron chi connectivity index (χ2n) is 6.90. The van der Waals surface area contributed by atoms with Gasteiger partial charge in [0.1, 0.15) is 6.04 Å². The fourth-order valence-corrected chi connectivity index (χ4v) is 5.06. The largest absolute Gasteiger partial charge is 0.322 e. The van der Waals surface area contributed by atoms with Gasteiger partial charge in [-0.25, -0.2) is 4.72 Å². The zero-order valence-corrected chi connectivity index (χ0v) is 19.0. The monoisotopic (exact) mass is 466 g/mol. The van der Waals surface area contributed by atoms with E-state index in [0.717, 1.165) is 28.1 Å². The van der Waals surface area contributed by atoms with Crippen molar-refractivity contribution < 1.29 is 14.4 Å². The Kier molecular flexibility index (Phi) is 7.76. The summed E-state index contributed by atoms with van der Waals surface area (Å²) in [5, 5.41) is 4.73. The number of carbonyl (C=O) groups is 3. The fourth-order valence-electron chi connectivity index (χ4n) is 3.28. The van der Waals surface area contributed by atoms with E-state index >= 15 is 0 Å². The molecule has 1 atom stereocenters. The van der Waals surface area contributed by atoms with Gasteiger partial charge in [-0.15, -0.1) is 11.3 Å². The summed E-state index contributed by atoms with van der Waals surface area (Å²) in [7, 11) is 0. The SMILES string of the molecule is CCCC(C(=O)NC=O)N1Cc2c(csc2CNSNc2ccc(C)c(Cl)c2)C1=O. The first-order valence-corrected chi connectivity index (χ1v) is 11.6. The number of rotatable bonds is 10. The first-order valence-electron chi connectivity index (χ1n) is 9.51. The van der Waals surface area contributed by atoms with E-state index in [0.29, 0.717) is 36.5 Å². The lowest BCUT2D eigenvalue weighted by Crippen LogP contribution is -2.46. The molecular weight excluding hydrogens is 444 g/mol. The number of nitrogens with one attached hydrogen (secondary N) is 3. The summed E-state index contributed by atoms with van der Waals surface area (Å²) in [6.45, 7) is 4.83. The minimum Gasteiger partial charge on any atom is -0.322 e. The number of hydrogen-bond acceptors (Lipinski definition) is 7. The highest BCUT2D eigenvalue weighted by Crippen LogP contribution is 2.33. The van der Waals surface area contributed by atoms with Gasteiger partial charge in [0.15, 0.2) is 0 Å². The summed E-state index contributed by atoms with van der Waals surface area (Å²) >= 11 is 9.00. The predicted octanol–water partition coefficient (Wildman–Crippen LogP) is 3.87. The van der Waals surface area contributed by atoms with Gasteiger partial charge < -0.3 is 9.62 Å². The molecule has 7 nitrogen and oxygen atoms in total. The number of halogens is 1. The van der Waals surface area contributed by atoms with Gasteiger partial charge in [-0.2, -0.15) is 0 Å². The van der Waals surface area contributed by atoms with Crippen molar-refractivity contribution in [1.29, 1.82) is 0 Å². The molecule has 1 unspecified atom stereocenters. The third-order valence-corrected chi connectivity index (χ3v) is 6.95. The van der Waals surface area contributed by atoms with Crippen LogP contribution in [-0.4, -0.2) is 29.2 Å². The molecule has 0 saturated carbocycles. The highest BCUT2D eigenvalue weighted by Gasteiger charge is 2.37. The molecule has 3 rings (SSSR count). The Labute approximate surface area is 188 Å². The van der Waals surface area contributed by atoms with E-state index in [4.69, 9.17) is 11.6 Å². The van der Waals surface area contributed by atoms with Crippen molar-refractivity contribution >= 4 is 59.0 Å². The molecule has 0 radical (unpaired) electrons. The van der Waals surface area contributed by atoms with Gasteiger partial charge in [0.05, 0.1) is 5.56 Å². The maximum atomic E-state index is 12.8.